The largest absolute Gasteiger partial charge is 0.326 e. The van der Waals surface area contributed by atoms with Gasteiger partial charge in [-0.1, -0.05) is 23.2 Å². The number of amides is 4. The molecule has 27 heavy (non-hydrogen) atoms. The van der Waals surface area contributed by atoms with Crippen LogP contribution in [0, 0.1) is 0 Å². The van der Waals surface area contributed by atoms with Gasteiger partial charge in [-0.3, -0.25) is 4.90 Å². The molecule has 1 aliphatic rings. The summed E-state index contributed by atoms with van der Waals surface area (Å²) in [6.45, 7) is 3.79. The monoisotopic (exact) mass is 406 g/mol. The van der Waals surface area contributed by atoms with Crippen LogP contribution in [-0.2, 0) is 0 Å². The number of nitrogens with zero attached hydrogens (tertiary/aromatic N) is 2. The zero-order valence-corrected chi connectivity index (χ0v) is 16.7. The molecule has 1 aliphatic heterocycles. The third-order valence-corrected chi connectivity index (χ3v) is 5.26. The van der Waals surface area contributed by atoms with E-state index in [-0.39, 0.29) is 6.03 Å². The van der Waals surface area contributed by atoms with Gasteiger partial charge in [-0.25, -0.2) is 9.59 Å². The molecule has 0 aliphatic carbocycles. The Morgan fingerprint density at radius 3 is 2.07 bits per heavy atom. The fourth-order valence-corrected chi connectivity index (χ4v) is 3.20. The Hall–Kier alpha value is -2.44. The molecule has 1 fully saturated rings. The predicted octanol–water partition coefficient (Wildman–Crippen LogP) is 4.79. The summed E-state index contributed by atoms with van der Waals surface area (Å²) in [5, 5.41) is 6.82. The zero-order chi connectivity index (χ0) is 19.8. The second-order valence-corrected chi connectivity index (χ2v) is 7.72. The van der Waals surface area contributed by atoms with Crippen molar-refractivity contribution in [3.8, 4) is 0 Å². The predicted molar refractivity (Wildman–Crippen MR) is 109 cm³/mol. The van der Waals surface area contributed by atoms with Gasteiger partial charge in [0.15, 0.2) is 0 Å². The minimum Gasteiger partial charge on any atom is -0.318 e. The fraction of sp³-hybridized carbons (Fsp3) is 0.263. The second-order valence-electron chi connectivity index (χ2n) is 6.85. The normalized spacial score (nSPS) is 18.6. The van der Waals surface area contributed by atoms with Gasteiger partial charge < -0.3 is 15.5 Å². The maximum Gasteiger partial charge on any atom is 0.326 e. The molecule has 1 atom stereocenters. The highest BCUT2D eigenvalue weighted by atomic mass is 35.5. The van der Waals surface area contributed by atoms with E-state index in [1.165, 1.54) is 0 Å². The first kappa shape index (κ1) is 19.3. The van der Waals surface area contributed by atoms with Crippen LogP contribution >= 0.6 is 23.2 Å². The topological polar surface area (TPSA) is 64.7 Å². The number of likely N-dealkylation sites (N-methyl/N-ethyl adjacent to an activating group) is 1. The number of benzene rings is 2. The first-order valence-corrected chi connectivity index (χ1v) is 9.11. The number of carbonyl (C=O) groups is 2. The molecule has 0 radical (unpaired) electrons. The highest BCUT2D eigenvalue weighted by Gasteiger charge is 2.51. The van der Waals surface area contributed by atoms with Crippen LogP contribution in [0.1, 0.15) is 13.8 Å². The van der Waals surface area contributed by atoms with E-state index in [0.29, 0.717) is 21.4 Å². The Labute approximate surface area is 168 Å². The molecule has 2 aromatic carbocycles. The van der Waals surface area contributed by atoms with Gasteiger partial charge in [0.25, 0.3) is 0 Å². The average Bonchev–Trinajstić information content (AvgIpc) is 2.78. The molecule has 4 amide bonds. The van der Waals surface area contributed by atoms with E-state index in [0.717, 1.165) is 0 Å². The Balaban J connectivity index is 1.84. The smallest absolute Gasteiger partial charge is 0.318 e. The summed E-state index contributed by atoms with van der Waals surface area (Å²) in [7, 11) is 1.71. The summed E-state index contributed by atoms with van der Waals surface area (Å²) in [5.74, 6) is 0. The highest BCUT2D eigenvalue weighted by molar-refractivity contribution is 6.31. The third-order valence-electron chi connectivity index (χ3n) is 4.76. The lowest BCUT2D eigenvalue weighted by Crippen LogP contribution is -2.56. The molecular formula is C19H20Cl2N4O2. The van der Waals surface area contributed by atoms with Crippen LogP contribution < -0.4 is 15.5 Å². The molecule has 142 valence electrons. The molecule has 1 unspecified atom stereocenters. The molecule has 2 aromatic rings. The Bertz CT molecular complexity index is 853. The van der Waals surface area contributed by atoms with Crippen LogP contribution in [-0.4, -0.2) is 35.7 Å². The molecule has 6 nitrogen and oxygen atoms in total. The minimum absolute atomic E-state index is 0.209. The summed E-state index contributed by atoms with van der Waals surface area (Å²) in [5.41, 5.74) is 0.623. The first-order valence-electron chi connectivity index (χ1n) is 8.36. The summed E-state index contributed by atoms with van der Waals surface area (Å²) in [6.07, 6.45) is -0.580. The van der Waals surface area contributed by atoms with E-state index in [4.69, 9.17) is 23.2 Å². The maximum atomic E-state index is 12.8. The molecule has 1 heterocycles. The lowest BCUT2D eigenvalue weighted by atomic mass is 10.0. The van der Waals surface area contributed by atoms with Gasteiger partial charge >= 0.3 is 12.1 Å². The molecule has 0 spiro atoms. The van der Waals surface area contributed by atoms with E-state index in [2.05, 4.69) is 10.6 Å². The first-order chi connectivity index (χ1) is 12.7. The van der Waals surface area contributed by atoms with Crippen molar-refractivity contribution in [2.45, 2.75) is 25.6 Å². The van der Waals surface area contributed by atoms with Crippen LogP contribution in [0.3, 0.4) is 0 Å². The summed E-state index contributed by atoms with van der Waals surface area (Å²) in [4.78, 5) is 28.5. The molecule has 2 N–H and O–H groups in total. The summed E-state index contributed by atoms with van der Waals surface area (Å²) in [6, 6.07) is 13.1. The lowest BCUT2D eigenvalue weighted by Gasteiger charge is -2.33. The lowest BCUT2D eigenvalue weighted by molar-refractivity contribution is 0.180. The van der Waals surface area contributed by atoms with Crippen LogP contribution in [0.15, 0.2) is 48.5 Å². The van der Waals surface area contributed by atoms with Gasteiger partial charge in [0.1, 0.15) is 6.17 Å². The van der Waals surface area contributed by atoms with Gasteiger partial charge in [0, 0.05) is 28.5 Å². The number of hydrogen-bond acceptors (Lipinski definition) is 2. The number of rotatable bonds is 3. The molecule has 1 saturated heterocycles. The number of anilines is 2. The van der Waals surface area contributed by atoms with Gasteiger partial charge in [-0.2, -0.15) is 0 Å². The molecule has 0 aromatic heterocycles. The van der Waals surface area contributed by atoms with Crippen molar-refractivity contribution in [3.05, 3.63) is 58.6 Å². The van der Waals surface area contributed by atoms with Crippen LogP contribution in [0.5, 0.6) is 0 Å². The standard InChI is InChI=1S/C19H20Cl2N4O2/c1-19(2)16(23-17(26)22-14-8-4-12(20)5-9-14)25(18(27)24(19)3)15-10-6-13(21)7-11-15/h4-11,16H,1-3H3,(H2,22,23,26). The van der Waals surface area contributed by atoms with Gasteiger partial charge in [0.2, 0.25) is 0 Å². The number of hydrogen-bond donors (Lipinski definition) is 2. The molecule has 0 bridgehead atoms. The van der Waals surface area contributed by atoms with Gasteiger partial charge in [0.05, 0.1) is 5.54 Å². The molecule has 3 rings (SSSR count). The van der Waals surface area contributed by atoms with Gasteiger partial charge in [-0.05, 0) is 62.4 Å². The highest BCUT2D eigenvalue weighted by Crippen LogP contribution is 2.34. The Morgan fingerprint density at radius 2 is 1.52 bits per heavy atom. The number of nitrogens with one attached hydrogen (secondary N) is 2. The van der Waals surface area contributed by atoms with Crippen molar-refractivity contribution >= 4 is 46.6 Å². The number of urea groups is 2. The maximum absolute atomic E-state index is 12.8. The minimum atomic E-state index is -0.631. The van der Waals surface area contributed by atoms with Crippen LogP contribution in [0.25, 0.3) is 0 Å². The van der Waals surface area contributed by atoms with E-state index in [1.807, 2.05) is 13.8 Å². The summed E-state index contributed by atoms with van der Waals surface area (Å²) >= 11 is 11.8. The molecule has 8 heteroatoms. The van der Waals surface area contributed by atoms with Crippen molar-refractivity contribution in [2.24, 2.45) is 0 Å². The van der Waals surface area contributed by atoms with E-state index < -0.39 is 17.7 Å². The molecular weight excluding hydrogens is 387 g/mol. The number of carbonyl (C=O) groups excluding carboxylic acids is 2. The van der Waals surface area contributed by atoms with E-state index >= 15 is 0 Å². The van der Waals surface area contributed by atoms with Crippen LogP contribution in [0.2, 0.25) is 10.0 Å². The van der Waals surface area contributed by atoms with Crippen molar-refractivity contribution in [3.63, 3.8) is 0 Å². The van der Waals surface area contributed by atoms with Crippen molar-refractivity contribution in [2.75, 3.05) is 17.3 Å². The third kappa shape index (κ3) is 3.82. The van der Waals surface area contributed by atoms with Gasteiger partial charge in [-0.15, -0.1) is 0 Å². The fourth-order valence-electron chi connectivity index (χ4n) is 2.94. The summed E-state index contributed by atoms with van der Waals surface area (Å²) < 4.78 is 0. The van der Waals surface area contributed by atoms with E-state index in [1.54, 1.807) is 65.4 Å². The quantitative estimate of drug-likeness (QED) is 0.768. The zero-order valence-electron chi connectivity index (χ0n) is 15.2. The Morgan fingerprint density at radius 1 is 1.00 bits per heavy atom. The Kier molecular flexibility index (Phi) is 5.22. The SMILES string of the molecule is CN1C(=O)N(c2ccc(Cl)cc2)C(NC(=O)Nc2ccc(Cl)cc2)C1(C)C. The number of halogens is 2. The van der Waals surface area contributed by atoms with Crippen molar-refractivity contribution in [1.29, 1.82) is 0 Å². The average molecular weight is 407 g/mol. The molecule has 0 saturated carbocycles. The van der Waals surface area contributed by atoms with Crippen molar-refractivity contribution < 1.29 is 9.59 Å². The van der Waals surface area contributed by atoms with Crippen LogP contribution in [0.4, 0.5) is 21.0 Å². The van der Waals surface area contributed by atoms with Crippen molar-refractivity contribution in [1.82, 2.24) is 10.2 Å². The van der Waals surface area contributed by atoms with E-state index in [9.17, 15) is 9.59 Å². The second kappa shape index (κ2) is 7.29.